The summed E-state index contributed by atoms with van der Waals surface area (Å²) in [6.45, 7) is 5.42. The third-order valence-corrected chi connectivity index (χ3v) is 8.09. The summed E-state index contributed by atoms with van der Waals surface area (Å²) in [6, 6.07) is 21.0. The molecule has 0 unspecified atom stereocenters. The van der Waals surface area contributed by atoms with E-state index in [1.165, 1.54) is 37.7 Å². The maximum atomic E-state index is 13.7. The quantitative estimate of drug-likeness (QED) is 0.121. The molecule has 0 fully saturated rings. The van der Waals surface area contributed by atoms with Crippen molar-refractivity contribution in [2.75, 3.05) is 18.4 Å². The Labute approximate surface area is 276 Å². The number of ether oxygens (including phenoxy) is 4. The highest BCUT2D eigenvalue weighted by Gasteiger charge is 2.27. The van der Waals surface area contributed by atoms with Crippen LogP contribution >= 0.6 is 11.6 Å². The lowest BCUT2D eigenvalue weighted by Crippen LogP contribution is -2.20. The largest absolute Gasteiger partial charge is 0.493 e. The Balaban J connectivity index is 1.59. The van der Waals surface area contributed by atoms with Gasteiger partial charge in [0.25, 0.3) is 15.9 Å². The van der Waals surface area contributed by atoms with Crippen LogP contribution in [0.4, 0.5) is 5.82 Å². The van der Waals surface area contributed by atoms with E-state index in [1.54, 1.807) is 60.7 Å². The number of nitrogens with one attached hydrogen (secondary N) is 1. The topological polar surface area (TPSA) is 152 Å². The molecule has 1 N–H and O–H groups in total. The zero-order valence-corrected chi connectivity index (χ0v) is 27.4. The minimum absolute atomic E-state index is 0.0302. The van der Waals surface area contributed by atoms with E-state index in [1.807, 2.05) is 20.8 Å². The lowest BCUT2D eigenvalue weighted by molar-refractivity contribution is -0.136. The molecule has 5 rings (SSSR count). The van der Waals surface area contributed by atoms with Crippen molar-refractivity contribution in [1.82, 2.24) is 19.9 Å². The van der Waals surface area contributed by atoms with Crippen LogP contribution in [-0.2, 0) is 20.2 Å². The number of esters is 1. The number of methoxy groups -OCH3 is 1. The molecule has 0 aliphatic carbocycles. The summed E-state index contributed by atoms with van der Waals surface area (Å²) in [6.07, 6.45) is 2.93. The fourth-order valence-electron chi connectivity index (χ4n) is 4.16. The van der Waals surface area contributed by atoms with Crippen LogP contribution in [0.2, 0.25) is 5.02 Å². The first-order chi connectivity index (χ1) is 22.4. The lowest BCUT2D eigenvalue weighted by atomic mass is 9.87. The van der Waals surface area contributed by atoms with Crippen molar-refractivity contribution in [2.24, 2.45) is 0 Å². The Morgan fingerprint density at radius 3 is 2.23 bits per heavy atom. The molecule has 242 valence electrons. The van der Waals surface area contributed by atoms with Crippen LogP contribution < -0.4 is 23.7 Å². The smallest absolute Gasteiger partial charge is 0.349 e. The van der Waals surface area contributed by atoms with Gasteiger partial charge >= 0.3 is 5.97 Å². The summed E-state index contributed by atoms with van der Waals surface area (Å²) < 4.78 is 52.7. The molecule has 0 atom stereocenters. The first kappa shape index (κ1) is 33.1. The van der Waals surface area contributed by atoms with Gasteiger partial charge in [0.2, 0.25) is 11.6 Å². The number of aromatic nitrogens is 4. The molecule has 3 aromatic carbocycles. The highest BCUT2D eigenvalue weighted by atomic mass is 35.5. The van der Waals surface area contributed by atoms with Crippen LogP contribution in [0.15, 0.2) is 96.2 Å². The van der Waals surface area contributed by atoms with Gasteiger partial charge in [0, 0.05) is 17.4 Å². The van der Waals surface area contributed by atoms with Gasteiger partial charge < -0.3 is 18.9 Å². The van der Waals surface area contributed by atoms with Crippen LogP contribution in [0.5, 0.6) is 28.9 Å². The van der Waals surface area contributed by atoms with Crippen molar-refractivity contribution in [1.29, 1.82) is 0 Å². The van der Waals surface area contributed by atoms with E-state index in [-0.39, 0.29) is 50.9 Å². The average molecular weight is 676 g/mol. The predicted molar refractivity (Wildman–Crippen MR) is 175 cm³/mol. The SMILES string of the molecule is COc1ccccc1Oc1c(NS(=O)(=O)c2ccc(C(C)(C)C)cc2)nc(-c2ncccn2)nc1OCC(=O)Oc1cccc(Cl)c1. The molecule has 5 aromatic rings. The molecule has 14 heteroatoms. The number of hydrogen-bond acceptors (Lipinski definition) is 11. The van der Waals surface area contributed by atoms with Gasteiger partial charge in [0.1, 0.15) is 5.75 Å². The highest BCUT2D eigenvalue weighted by molar-refractivity contribution is 7.92. The van der Waals surface area contributed by atoms with Crippen LogP contribution in [0, 0.1) is 0 Å². The number of nitrogens with zero attached hydrogens (tertiary/aromatic N) is 4. The van der Waals surface area contributed by atoms with E-state index in [9.17, 15) is 13.2 Å². The Morgan fingerprint density at radius 1 is 0.872 bits per heavy atom. The molecule has 0 aliphatic heterocycles. The molecular formula is C33H30ClN5O7S. The molecule has 2 aromatic heterocycles. The number of hydrogen-bond donors (Lipinski definition) is 1. The Bertz CT molecular complexity index is 1990. The summed E-state index contributed by atoms with van der Waals surface area (Å²) in [5, 5.41) is 0.372. The first-order valence-electron chi connectivity index (χ1n) is 14.2. The maximum Gasteiger partial charge on any atom is 0.349 e. The van der Waals surface area contributed by atoms with E-state index in [0.29, 0.717) is 10.8 Å². The zero-order valence-electron chi connectivity index (χ0n) is 25.8. The number of para-hydroxylation sites is 2. The van der Waals surface area contributed by atoms with Crippen molar-refractivity contribution in [2.45, 2.75) is 31.1 Å². The zero-order chi connectivity index (χ0) is 33.6. The van der Waals surface area contributed by atoms with Crippen LogP contribution in [0.3, 0.4) is 0 Å². The van der Waals surface area contributed by atoms with Crippen molar-refractivity contribution >= 4 is 33.4 Å². The molecule has 0 spiro atoms. The number of rotatable bonds is 11. The standard InChI is InChI=1S/C33H30ClN5O7S/c1-33(2,3)21-13-15-24(16-14-21)47(41,42)39-29-28(46-26-12-6-5-11-25(26)43-4)32(38-31(37-29)30-35-17-8-18-36-30)44-20-27(40)45-23-10-7-9-22(34)19-23/h5-19H,20H2,1-4H3,(H,37,38,39). The molecule has 0 bridgehead atoms. The second-order valence-electron chi connectivity index (χ2n) is 11.0. The summed E-state index contributed by atoms with van der Waals surface area (Å²) in [7, 11) is -2.80. The van der Waals surface area contributed by atoms with Gasteiger partial charge in [0.15, 0.2) is 29.7 Å². The average Bonchev–Trinajstić information content (AvgIpc) is 3.05. The van der Waals surface area contributed by atoms with E-state index in [0.717, 1.165) is 5.56 Å². The van der Waals surface area contributed by atoms with E-state index >= 15 is 0 Å². The molecule has 0 aliphatic rings. The van der Waals surface area contributed by atoms with Gasteiger partial charge in [-0.1, -0.05) is 62.7 Å². The van der Waals surface area contributed by atoms with Crippen molar-refractivity contribution in [3.8, 4) is 40.5 Å². The molecule has 0 saturated carbocycles. The van der Waals surface area contributed by atoms with Crippen LogP contribution in [0.1, 0.15) is 26.3 Å². The minimum Gasteiger partial charge on any atom is -0.493 e. The third kappa shape index (κ3) is 8.31. The Morgan fingerprint density at radius 2 is 1.57 bits per heavy atom. The molecular weight excluding hydrogens is 646 g/mol. The number of anilines is 1. The molecule has 0 amide bonds. The van der Waals surface area contributed by atoms with Crippen LogP contribution in [-0.4, -0.2) is 48.0 Å². The summed E-state index contributed by atoms with van der Waals surface area (Å²) >= 11 is 6.01. The van der Waals surface area contributed by atoms with Gasteiger partial charge in [-0.05, 0) is 59.5 Å². The number of sulfonamides is 1. The first-order valence-corrected chi connectivity index (χ1v) is 16.0. The fraction of sp³-hybridized carbons (Fsp3) is 0.182. The van der Waals surface area contributed by atoms with Crippen LogP contribution in [0.25, 0.3) is 11.6 Å². The van der Waals surface area contributed by atoms with Gasteiger partial charge in [-0.3, -0.25) is 4.72 Å². The summed E-state index contributed by atoms with van der Waals surface area (Å²) in [4.78, 5) is 30.0. The molecule has 12 nitrogen and oxygen atoms in total. The van der Waals surface area contributed by atoms with Crippen molar-refractivity contribution in [3.63, 3.8) is 0 Å². The number of carbonyl (C=O) groups excluding carboxylic acids is 1. The molecule has 47 heavy (non-hydrogen) atoms. The minimum atomic E-state index is -4.25. The number of carbonyl (C=O) groups is 1. The Hall–Kier alpha value is -5.27. The fourth-order valence-corrected chi connectivity index (χ4v) is 5.34. The number of benzene rings is 3. The monoisotopic (exact) mass is 675 g/mol. The van der Waals surface area contributed by atoms with E-state index in [2.05, 4.69) is 24.7 Å². The van der Waals surface area contributed by atoms with E-state index < -0.39 is 22.6 Å². The van der Waals surface area contributed by atoms with Gasteiger partial charge in [-0.2, -0.15) is 4.98 Å². The third-order valence-electron chi connectivity index (χ3n) is 6.50. The van der Waals surface area contributed by atoms with Crippen molar-refractivity contribution < 1.29 is 32.2 Å². The lowest BCUT2D eigenvalue weighted by Gasteiger charge is -2.20. The predicted octanol–water partition coefficient (Wildman–Crippen LogP) is 6.47. The number of halogens is 1. The van der Waals surface area contributed by atoms with Gasteiger partial charge in [-0.25, -0.2) is 28.2 Å². The van der Waals surface area contributed by atoms with E-state index in [4.69, 9.17) is 30.5 Å². The van der Waals surface area contributed by atoms with Gasteiger partial charge in [-0.15, -0.1) is 0 Å². The molecule has 0 saturated heterocycles. The second kappa shape index (κ2) is 14.0. The summed E-state index contributed by atoms with van der Waals surface area (Å²) in [5.74, 6) is -1.04. The second-order valence-corrected chi connectivity index (χ2v) is 13.1. The maximum absolute atomic E-state index is 13.7. The normalized spacial score (nSPS) is 11.4. The molecule has 0 radical (unpaired) electrons. The molecule has 2 heterocycles. The summed E-state index contributed by atoms with van der Waals surface area (Å²) in [5.41, 5.74) is 0.755. The van der Waals surface area contributed by atoms with Gasteiger partial charge in [0.05, 0.1) is 12.0 Å². The Kier molecular flexibility index (Phi) is 9.87. The van der Waals surface area contributed by atoms with Crippen molar-refractivity contribution in [3.05, 3.63) is 102 Å². The highest BCUT2D eigenvalue weighted by Crippen LogP contribution is 2.41.